The first kappa shape index (κ1) is 14.1. The van der Waals surface area contributed by atoms with Crippen LogP contribution in [0.15, 0.2) is 40.9 Å². The molecule has 0 aliphatic carbocycles. The lowest BCUT2D eigenvalue weighted by atomic mass is 10.1. The fourth-order valence-corrected chi connectivity index (χ4v) is 2.12. The van der Waals surface area contributed by atoms with Gasteiger partial charge in [-0.15, -0.1) is 0 Å². The maximum Gasteiger partial charge on any atom is 0.130 e. The van der Waals surface area contributed by atoms with Gasteiger partial charge in [0.05, 0.1) is 0 Å². The zero-order valence-corrected chi connectivity index (χ0v) is 13.0. The van der Waals surface area contributed by atoms with Crippen LogP contribution in [0.4, 0.5) is 0 Å². The van der Waals surface area contributed by atoms with E-state index in [2.05, 4.69) is 53.3 Å². The van der Waals surface area contributed by atoms with Gasteiger partial charge in [0.25, 0.3) is 0 Å². The average molecular weight is 320 g/mol. The summed E-state index contributed by atoms with van der Waals surface area (Å²) in [5.74, 6) is 1.78. The van der Waals surface area contributed by atoms with E-state index in [1.165, 1.54) is 11.1 Å². The molecule has 0 saturated carbocycles. The molecule has 0 fully saturated rings. The first-order valence-corrected chi connectivity index (χ1v) is 7.07. The Bertz CT molecular complexity index is 581. The Kier molecular flexibility index (Phi) is 4.61. The van der Waals surface area contributed by atoms with Crippen molar-refractivity contribution in [1.82, 2.24) is 5.32 Å². The Morgan fingerprint density at radius 2 is 1.84 bits per heavy atom. The number of aryl methyl sites for hydroxylation is 2. The summed E-state index contributed by atoms with van der Waals surface area (Å²) >= 11 is 3.50. The summed E-state index contributed by atoms with van der Waals surface area (Å²) in [6.45, 7) is 4.96. The van der Waals surface area contributed by atoms with Gasteiger partial charge in [-0.1, -0.05) is 28.1 Å². The molecule has 1 N–H and O–H groups in total. The number of halogens is 1. The molecule has 0 aliphatic rings. The maximum atomic E-state index is 5.98. The Balaban J connectivity index is 2.26. The minimum Gasteiger partial charge on any atom is -0.457 e. The molecule has 0 heterocycles. The highest BCUT2D eigenvalue weighted by molar-refractivity contribution is 9.10. The molecule has 0 atom stereocenters. The Labute approximate surface area is 122 Å². The summed E-state index contributed by atoms with van der Waals surface area (Å²) < 4.78 is 7.08. The molecule has 0 amide bonds. The molecule has 3 heteroatoms. The van der Waals surface area contributed by atoms with E-state index in [9.17, 15) is 0 Å². The van der Waals surface area contributed by atoms with E-state index in [-0.39, 0.29) is 0 Å². The van der Waals surface area contributed by atoms with Gasteiger partial charge in [0.15, 0.2) is 0 Å². The second-order valence-electron chi connectivity index (χ2n) is 4.64. The second-order valence-corrected chi connectivity index (χ2v) is 5.50. The van der Waals surface area contributed by atoms with E-state index in [1.54, 1.807) is 0 Å². The molecule has 0 radical (unpaired) electrons. The first-order chi connectivity index (χ1) is 9.10. The summed E-state index contributed by atoms with van der Waals surface area (Å²) in [6.07, 6.45) is 0. The van der Waals surface area contributed by atoms with Crippen molar-refractivity contribution in [2.45, 2.75) is 20.4 Å². The van der Waals surface area contributed by atoms with Gasteiger partial charge in [-0.25, -0.2) is 0 Å². The van der Waals surface area contributed by atoms with Crippen molar-refractivity contribution in [3.8, 4) is 11.5 Å². The van der Waals surface area contributed by atoms with Crippen molar-refractivity contribution in [3.05, 3.63) is 57.6 Å². The van der Waals surface area contributed by atoms with Crippen LogP contribution >= 0.6 is 15.9 Å². The predicted octanol–water partition coefficient (Wildman–Crippen LogP) is 4.58. The SMILES string of the molecule is CNCc1ccc(C)c(Oc2ccc(Br)c(C)c2)c1. The summed E-state index contributed by atoms with van der Waals surface area (Å²) in [5, 5.41) is 3.15. The van der Waals surface area contributed by atoms with Gasteiger partial charge in [-0.3, -0.25) is 0 Å². The van der Waals surface area contributed by atoms with E-state index in [0.29, 0.717) is 0 Å². The largest absolute Gasteiger partial charge is 0.457 e. The van der Waals surface area contributed by atoms with Gasteiger partial charge < -0.3 is 10.1 Å². The van der Waals surface area contributed by atoms with E-state index < -0.39 is 0 Å². The summed E-state index contributed by atoms with van der Waals surface area (Å²) in [6, 6.07) is 12.3. The van der Waals surface area contributed by atoms with Gasteiger partial charge in [0, 0.05) is 11.0 Å². The number of rotatable bonds is 4. The lowest BCUT2D eigenvalue weighted by Gasteiger charge is -2.11. The van der Waals surface area contributed by atoms with Gasteiger partial charge in [-0.05, 0) is 61.9 Å². The van der Waals surface area contributed by atoms with Crippen LogP contribution in [0.5, 0.6) is 11.5 Å². The molecule has 0 saturated heterocycles. The van der Waals surface area contributed by atoms with Crippen LogP contribution in [-0.2, 0) is 6.54 Å². The molecule has 0 aromatic heterocycles. The van der Waals surface area contributed by atoms with E-state index in [1.807, 2.05) is 25.2 Å². The third-order valence-electron chi connectivity index (χ3n) is 2.99. The van der Waals surface area contributed by atoms with Crippen LogP contribution in [0, 0.1) is 13.8 Å². The molecule has 2 aromatic rings. The lowest BCUT2D eigenvalue weighted by molar-refractivity contribution is 0.477. The van der Waals surface area contributed by atoms with Crippen LogP contribution in [0.1, 0.15) is 16.7 Å². The average Bonchev–Trinajstić information content (AvgIpc) is 2.38. The Hall–Kier alpha value is -1.32. The molecule has 0 bridgehead atoms. The number of benzene rings is 2. The minimum atomic E-state index is 0.843. The number of nitrogens with one attached hydrogen (secondary N) is 1. The van der Waals surface area contributed by atoms with E-state index in [4.69, 9.17) is 4.74 Å². The van der Waals surface area contributed by atoms with Gasteiger partial charge >= 0.3 is 0 Å². The quantitative estimate of drug-likeness (QED) is 0.890. The predicted molar refractivity (Wildman–Crippen MR) is 82.9 cm³/mol. The summed E-state index contributed by atoms with van der Waals surface area (Å²) in [4.78, 5) is 0. The van der Waals surface area contributed by atoms with E-state index in [0.717, 1.165) is 28.1 Å². The molecular formula is C16H18BrNO. The zero-order valence-electron chi connectivity index (χ0n) is 11.5. The number of hydrogen-bond donors (Lipinski definition) is 1. The number of ether oxygens (including phenoxy) is 1. The first-order valence-electron chi connectivity index (χ1n) is 6.28. The lowest BCUT2D eigenvalue weighted by Crippen LogP contribution is -2.05. The highest BCUT2D eigenvalue weighted by atomic mass is 79.9. The van der Waals surface area contributed by atoms with Crippen molar-refractivity contribution < 1.29 is 4.74 Å². The standard InChI is InChI=1S/C16H18BrNO/c1-11-4-5-13(10-18-3)9-16(11)19-14-6-7-15(17)12(2)8-14/h4-9,18H,10H2,1-3H3. The molecule has 0 spiro atoms. The van der Waals surface area contributed by atoms with E-state index >= 15 is 0 Å². The van der Waals surface area contributed by atoms with Crippen molar-refractivity contribution in [3.63, 3.8) is 0 Å². The summed E-state index contributed by atoms with van der Waals surface area (Å²) in [7, 11) is 1.94. The minimum absolute atomic E-state index is 0.843. The molecule has 2 aromatic carbocycles. The third-order valence-corrected chi connectivity index (χ3v) is 3.88. The summed E-state index contributed by atoms with van der Waals surface area (Å²) in [5.41, 5.74) is 3.53. The molecular weight excluding hydrogens is 302 g/mol. The van der Waals surface area contributed by atoms with Crippen LogP contribution in [0.25, 0.3) is 0 Å². The monoisotopic (exact) mass is 319 g/mol. The van der Waals surface area contributed by atoms with Gasteiger partial charge in [0.2, 0.25) is 0 Å². The maximum absolute atomic E-state index is 5.98. The van der Waals surface area contributed by atoms with Crippen LogP contribution in [0.2, 0.25) is 0 Å². The van der Waals surface area contributed by atoms with Crippen LogP contribution < -0.4 is 10.1 Å². The van der Waals surface area contributed by atoms with Crippen molar-refractivity contribution in [2.24, 2.45) is 0 Å². The van der Waals surface area contributed by atoms with Gasteiger partial charge in [-0.2, -0.15) is 0 Å². The van der Waals surface area contributed by atoms with Crippen LogP contribution in [-0.4, -0.2) is 7.05 Å². The van der Waals surface area contributed by atoms with Crippen molar-refractivity contribution in [2.75, 3.05) is 7.05 Å². The second kappa shape index (κ2) is 6.22. The molecule has 0 unspecified atom stereocenters. The van der Waals surface area contributed by atoms with Gasteiger partial charge in [0.1, 0.15) is 11.5 Å². The molecule has 2 nitrogen and oxygen atoms in total. The normalized spacial score (nSPS) is 10.5. The Morgan fingerprint density at radius 1 is 1.05 bits per heavy atom. The highest BCUT2D eigenvalue weighted by Crippen LogP contribution is 2.29. The van der Waals surface area contributed by atoms with Crippen molar-refractivity contribution >= 4 is 15.9 Å². The van der Waals surface area contributed by atoms with Crippen molar-refractivity contribution in [1.29, 1.82) is 0 Å². The fraction of sp³-hybridized carbons (Fsp3) is 0.250. The van der Waals surface area contributed by atoms with Crippen LogP contribution in [0.3, 0.4) is 0 Å². The molecule has 19 heavy (non-hydrogen) atoms. The number of hydrogen-bond acceptors (Lipinski definition) is 2. The zero-order chi connectivity index (χ0) is 13.8. The fourth-order valence-electron chi connectivity index (χ4n) is 1.88. The third kappa shape index (κ3) is 3.58. The highest BCUT2D eigenvalue weighted by Gasteiger charge is 2.04. The molecule has 2 rings (SSSR count). The Morgan fingerprint density at radius 3 is 2.53 bits per heavy atom. The topological polar surface area (TPSA) is 21.3 Å². The molecule has 100 valence electrons. The smallest absolute Gasteiger partial charge is 0.130 e. The molecule has 0 aliphatic heterocycles.